The highest BCUT2D eigenvalue weighted by Crippen LogP contribution is 2.27. The fraction of sp³-hybridized carbons (Fsp3) is 0.385. The van der Waals surface area contributed by atoms with E-state index in [0.717, 1.165) is 5.56 Å². The molecular weight excluding hydrogens is 216 g/mol. The van der Waals surface area contributed by atoms with Crippen molar-refractivity contribution in [3.05, 3.63) is 35.9 Å². The Morgan fingerprint density at radius 3 is 2.41 bits per heavy atom. The van der Waals surface area contributed by atoms with Crippen LogP contribution in [0.1, 0.15) is 31.7 Å². The normalized spacial score (nSPS) is 14.1. The van der Waals surface area contributed by atoms with Crippen LogP contribution in [0.3, 0.4) is 0 Å². The quantitative estimate of drug-likeness (QED) is 0.475. The zero-order chi connectivity index (χ0) is 12.9. The first-order valence-electron chi connectivity index (χ1n) is 5.37. The lowest BCUT2D eigenvalue weighted by atomic mass is 9.85. The number of oxime groups is 1. The molecule has 0 aromatic heterocycles. The molecule has 90 valence electrons. The highest BCUT2D eigenvalue weighted by molar-refractivity contribution is 6.03. The number of rotatable bonds is 4. The van der Waals surface area contributed by atoms with Crippen LogP contribution in [-0.4, -0.2) is 21.6 Å². The summed E-state index contributed by atoms with van der Waals surface area (Å²) in [4.78, 5) is 0. The van der Waals surface area contributed by atoms with Crippen molar-refractivity contribution in [1.29, 1.82) is 5.26 Å². The van der Waals surface area contributed by atoms with Gasteiger partial charge in [0.05, 0.1) is 5.60 Å². The van der Waals surface area contributed by atoms with Crippen molar-refractivity contribution in [1.82, 2.24) is 0 Å². The molecule has 0 heterocycles. The van der Waals surface area contributed by atoms with Gasteiger partial charge < -0.3 is 10.3 Å². The Morgan fingerprint density at radius 2 is 2.00 bits per heavy atom. The Morgan fingerprint density at radius 1 is 1.41 bits per heavy atom. The van der Waals surface area contributed by atoms with Crippen LogP contribution in [0.2, 0.25) is 0 Å². The molecule has 1 aromatic carbocycles. The zero-order valence-electron chi connectivity index (χ0n) is 9.96. The largest absolute Gasteiger partial charge is 0.410 e. The monoisotopic (exact) mass is 232 g/mol. The zero-order valence-corrected chi connectivity index (χ0v) is 9.96. The second-order valence-electron chi connectivity index (χ2n) is 4.58. The molecule has 0 aliphatic carbocycles. The minimum Gasteiger partial charge on any atom is -0.410 e. The first-order valence-corrected chi connectivity index (χ1v) is 5.37. The van der Waals surface area contributed by atoms with E-state index in [-0.39, 0.29) is 5.71 Å². The summed E-state index contributed by atoms with van der Waals surface area (Å²) in [6, 6.07) is 11.1. The van der Waals surface area contributed by atoms with Gasteiger partial charge in [-0.05, 0) is 25.8 Å². The Bertz CT molecular complexity index is 427. The summed E-state index contributed by atoms with van der Waals surface area (Å²) in [5, 5.41) is 30.6. The van der Waals surface area contributed by atoms with Crippen LogP contribution < -0.4 is 0 Å². The van der Waals surface area contributed by atoms with Gasteiger partial charge in [0.1, 0.15) is 6.07 Å². The first-order chi connectivity index (χ1) is 7.98. The fourth-order valence-corrected chi connectivity index (χ4v) is 1.73. The molecule has 0 aliphatic heterocycles. The van der Waals surface area contributed by atoms with E-state index < -0.39 is 11.5 Å². The Labute approximate surface area is 101 Å². The van der Waals surface area contributed by atoms with E-state index in [9.17, 15) is 5.11 Å². The molecule has 1 aromatic rings. The summed E-state index contributed by atoms with van der Waals surface area (Å²) >= 11 is 0. The number of hydrogen-bond donors (Lipinski definition) is 2. The van der Waals surface area contributed by atoms with Gasteiger partial charge in [0.15, 0.2) is 5.71 Å². The molecule has 0 fully saturated rings. The predicted octanol–water partition coefficient (Wildman–Crippen LogP) is 2.28. The van der Waals surface area contributed by atoms with Gasteiger partial charge in [-0.25, -0.2) is 0 Å². The van der Waals surface area contributed by atoms with E-state index in [0.29, 0.717) is 6.42 Å². The van der Waals surface area contributed by atoms with E-state index in [4.69, 9.17) is 10.5 Å². The van der Waals surface area contributed by atoms with E-state index >= 15 is 0 Å². The van der Waals surface area contributed by atoms with Gasteiger partial charge in [-0.3, -0.25) is 0 Å². The van der Waals surface area contributed by atoms with E-state index in [1.165, 1.54) is 0 Å². The van der Waals surface area contributed by atoms with Crippen LogP contribution in [0.15, 0.2) is 35.5 Å². The van der Waals surface area contributed by atoms with Crippen LogP contribution in [0.5, 0.6) is 0 Å². The maximum Gasteiger partial charge on any atom is 0.164 e. The number of hydrogen-bond acceptors (Lipinski definition) is 4. The highest BCUT2D eigenvalue weighted by Gasteiger charge is 2.26. The lowest BCUT2D eigenvalue weighted by molar-refractivity contribution is 0.0687. The van der Waals surface area contributed by atoms with Crippen molar-refractivity contribution in [2.24, 2.45) is 5.16 Å². The summed E-state index contributed by atoms with van der Waals surface area (Å²) in [6.07, 6.45) is 0.323. The number of nitrogens with zero attached hydrogens (tertiary/aromatic N) is 2. The van der Waals surface area contributed by atoms with Crippen molar-refractivity contribution in [2.45, 2.75) is 31.8 Å². The van der Waals surface area contributed by atoms with Crippen LogP contribution in [0.25, 0.3) is 0 Å². The number of nitriles is 1. The van der Waals surface area contributed by atoms with Crippen LogP contribution in [0, 0.1) is 11.3 Å². The van der Waals surface area contributed by atoms with E-state index in [1.54, 1.807) is 13.8 Å². The van der Waals surface area contributed by atoms with E-state index in [1.807, 2.05) is 36.4 Å². The molecule has 0 saturated carbocycles. The van der Waals surface area contributed by atoms with Gasteiger partial charge in [0, 0.05) is 5.92 Å². The van der Waals surface area contributed by atoms with Gasteiger partial charge in [0.25, 0.3) is 0 Å². The molecule has 0 amide bonds. The Kier molecular flexibility index (Phi) is 4.24. The minimum absolute atomic E-state index is 0.0123. The lowest BCUT2D eigenvalue weighted by Crippen LogP contribution is -2.26. The molecule has 0 spiro atoms. The Hall–Kier alpha value is -1.86. The van der Waals surface area contributed by atoms with Gasteiger partial charge in [-0.2, -0.15) is 5.26 Å². The molecule has 2 N–H and O–H groups in total. The minimum atomic E-state index is -0.937. The average Bonchev–Trinajstić information content (AvgIpc) is 2.29. The van der Waals surface area contributed by atoms with E-state index in [2.05, 4.69) is 5.16 Å². The molecule has 4 nitrogen and oxygen atoms in total. The molecule has 0 radical (unpaired) electrons. The van der Waals surface area contributed by atoms with Gasteiger partial charge >= 0.3 is 0 Å². The third-order valence-electron chi connectivity index (χ3n) is 2.46. The molecular formula is C13H16N2O2. The maximum atomic E-state index is 9.84. The van der Waals surface area contributed by atoms with Crippen molar-refractivity contribution in [2.75, 3.05) is 0 Å². The highest BCUT2D eigenvalue weighted by atomic mass is 16.4. The van der Waals surface area contributed by atoms with Crippen LogP contribution >= 0.6 is 0 Å². The molecule has 1 atom stereocenters. The van der Waals surface area contributed by atoms with Crippen molar-refractivity contribution < 1.29 is 10.3 Å². The van der Waals surface area contributed by atoms with Gasteiger partial charge in [0.2, 0.25) is 0 Å². The summed E-state index contributed by atoms with van der Waals surface area (Å²) in [5.41, 5.74) is -0.0740. The third kappa shape index (κ3) is 3.89. The molecule has 1 rings (SSSR count). The number of benzene rings is 1. The van der Waals surface area contributed by atoms with Crippen LogP contribution in [0.4, 0.5) is 0 Å². The average molecular weight is 232 g/mol. The number of aliphatic hydroxyl groups is 1. The molecule has 0 aliphatic rings. The van der Waals surface area contributed by atoms with Crippen molar-refractivity contribution >= 4 is 5.71 Å². The standard InChI is InChI=1S/C13H16N2O2/c1-13(2,16)8-11(12(9-14)15-17)10-6-4-3-5-7-10/h3-7,11,16-17H,8H2,1-2H3/b15-12-. The topological polar surface area (TPSA) is 76.6 Å². The summed E-state index contributed by atoms with van der Waals surface area (Å²) in [5.74, 6) is -0.397. The molecule has 1 unspecified atom stereocenters. The summed E-state index contributed by atoms with van der Waals surface area (Å²) < 4.78 is 0. The Balaban J connectivity index is 3.09. The smallest absolute Gasteiger partial charge is 0.164 e. The summed E-state index contributed by atoms with van der Waals surface area (Å²) in [6.45, 7) is 3.32. The second-order valence-corrected chi connectivity index (χ2v) is 4.58. The molecule has 17 heavy (non-hydrogen) atoms. The maximum absolute atomic E-state index is 9.84. The summed E-state index contributed by atoms with van der Waals surface area (Å²) in [7, 11) is 0. The van der Waals surface area contributed by atoms with Crippen molar-refractivity contribution in [3.8, 4) is 6.07 Å². The predicted molar refractivity (Wildman–Crippen MR) is 64.9 cm³/mol. The SMILES string of the molecule is CC(C)(O)CC(/C(C#N)=N\O)c1ccccc1. The molecule has 4 heteroatoms. The fourth-order valence-electron chi connectivity index (χ4n) is 1.73. The van der Waals surface area contributed by atoms with Gasteiger partial charge in [-0.15, -0.1) is 0 Å². The van der Waals surface area contributed by atoms with Crippen LogP contribution in [-0.2, 0) is 0 Å². The molecule has 0 saturated heterocycles. The lowest BCUT2D eigenvalue weighted by Gasteiger charge is -2.23. The van der Waals surface area contributed by atoms with Gasteiger partial charge in [-0.1, -0.05) is 35.5 Å². The second kappa shape index (κ2) is 5.46. The van der Waals surface area contributed by atoms with Crippen molar-refractivity contribution in [3.63, 3.8) is 0 Å². The first kappa shape index (κ1) is 13.2. The third-order valence-corrected chi connectivity index (χ3v) is 2.46. The molecule has 0 bridgehead atoms.